The lowest BCUT2D eigenvalue weighted by Crippen LogP contribution is -2.12. The van der Waals surface area contributed by atoms with E-state index in [4.69, 9.17) is 0 Å². The Bertz CT molecular complexity index is 340. The Morgan fingerprint density at radius 3 is 2.92 bits per heavy atom. The molecular formula is C9H9BrClNO. The van der Waals surface area contributed by atoms with Gasteiger partial charge in [-0.2, -0.15) is 0 Å². The van der Waals surface area contributed by atoms with Crippen molar-refractivity contribution in [2.24, 2.45) is 0 Å². The van der Waals surface area contributed by atoms with Gasteiger partial charge in [0, 0.05) is 22.7 Å². The molecule has 1 heterocycles. The summed E-state index contributed by atoms with van der Waals surface area (Å²) in [4.78, 5) is 15.6. The molecule has 0 bridgehead atoms. The van der Waals surface area contributed by atoms with E-state index in [2.05, 4.69) is 20.9 Å². The van der Waals surface area contributed by atoms with Crippen molar-refractivity contribution >= 4 is 34.1 Å². The maximum atomic E-state index is 11.4. The first-order valence-electron chi connectivity index (χ1n) is 3.95. The highest BCUT2D eigenvalue weighted by Gasteiger charge is 2.17. The number of aryl methyl sites for hydroxylation is 1. The summed E-state index contributed by atoms with van der Waals surface area (Å²) >= 11 is 3.30. The molecule has 0 unspecified atom stereocenters. The molecule has 70 valence electrons. The summed E-state index contributed by atoms with van der Waals surface area (Å²) in [5.41, 5.74) is 1.75. The second kappa shape index (κ2) is 4.20. The fourth-order valence-electron chi connectivity index (χ4n) is 1.46. The molecule has 0 saturated carbocycles. The van der Waals surface area contributed by atoms with Gasteiger partial charge in [0.15, 0.2) is 5.78 Å². The molecule has 0 aromatic carbocycles. The average Bonchev–Trinajstić information content (AvgIpc) is 2.07. The maximum Gasteiger partial charge on any atom is 0.164 e. The topological polar surface area (TPSA) is 30.0 Å². The summed E-state index contributed by atoms with van der Waals surface area (Å²) in [5.74, 6) is 0.227. The quantitative estimate of drug-likeness (QED) is 0.720. The van der Waals surface area contributed by atoms with Crippen LogP contribution in [-0.2, 0) is 6.42 Å². The Morgan fingerprint density at radius 2 is 2.15 bits per heavy atom. The van der Waals surface area contributed by atoms with E-state index in [1.54, 1.807) is 6.20 Å². The molecule has 0 N–H and O–H groups in total. The number of hydrogen-bond acceptors (Lipinski definition) is 2. The summed E-state index contributed by atoms with van der Waals surface area (Å²) in [6.07, 6.45) is 4.30. The number of ketones is 1. The van der Waals surface area contributed by atoms with Crippen LogP contribution in [0.15, 0.2) is 16.7 Å². The van der Waals surface area contributed by atoms with Crippen LogP contribution in [0.1, 0.15) is 28.9 Å². The molecule has 0 saturated heterocycles. The number of carbonyl (C=O) groups excluding carboxylic acids is 1. The largest absolute Gasteiger partial charge is 0.294 e. The first-order valence-corrected chi connectivity index (χ1v) is 4.74. The molecule has 4 heteroatoms. The smallest absolute Gasteiger partial charge is 0.164 e. The third-order valence-electron chi connectivity index (χ3n) is 2.05. The highest BCUT2D eigenvalue weighted by atomic mass is 79.9. The van der Waals surface area contributed by atoms with Gasteiger partial charge in [-0.3, -0.25) is 9.78 Å². The predicted octanol–water partition coefficient (Wildman–Crippen LogP) is 2.78. The number of aromatic nitrogens is 1. The monoisotopic (exact) mass is 261 g/mol. The van der Waals surface area contributed by atoms with E-state index < -0.39 is 0 Å². The van der Waals surface area contributed by atoms with Gasteiger partial charge in [-0.15, -0.1) is 12.4 Å². The summed E-state index contributed by atoms with van der Waals surface area (Å²) in [6, 6.07) is 1.86. The summed E-state index contributed by atoms with van der Waals surface area (Å²) < 4.78 is 0.886. The molecule has 2 rings (SSSR count). The van der Waals surface area contributed by atoms with Crippen LogP contribution in [0.4, 0.5) is 0 Å². The zero-order valence-electron chi connectivity index (χ0n) is 6.92. The van der Waals surface area contributed by atoms with E-state index >= 15 is 0 Å². The zero-order chi connectivity index (χ0) is 8.55. The maximum absolute atomic E-state index is 11.4. The number of nitrogens with zero attached hydrogens (tertiary/aromatic N) is 1. The SMILES string of the molecule is Cl.O=C1CCCc2ncc(Br)cc21. The Balaban J connectivity index is 0.000000845. The normalized spacial score (nSPS) is 14.7. The number of halogens is 2. The van der Waals surface area contributed by atoms with Crippen molar-refractivity contribution in [3.63, 3.8) is 0 Å². The summed E-state index contributed by atoms with van der Waals surface area (Å²) in [7, 11) is 0. The van der Waals surface area contributed by atoms with Gasteiger partial charge >= 0.3 is 0 Å². The van der Waals surface area contributed by atoms with Crippen LogP contribution in [0, 0.1) is 0 Å². The zero-order valence-corrected chi connectivity index (χ0v) is 9.32. The molecule has 1 aliphatic rings. The van der Waals surface area contributed by atoms with Gasteiger partial charge in [-0.25, -0.2) is 0 Å². The molecule has 0 atom stereocenters. The van der Waals surface area contributed by atoms with Gasteiger partial charge in [0.2, 0.25) is 0 Å². The van der Waals surface area contributed by atoms with E-state index in [9.17, 15) is 4.79 Å². The van der Waals surface area contributed by atoms with Crippen molar-refractivity contribution in [1.82, 2.24) is 4.98 Å². The minimum atomic E-state index is 0. The first kappa shape index (κ1) is 10.7. The lowest BCUT2D eigenvalue weighted by Gasteiger charge is -2.12. The third kappa shape index (κ3) is 2.09. The molecule has 1 aliphatic carbocycles. The van der Waals surface area contributed by atoms with E-state index in [1.165, 1.54) is 0 Å². The minimum absolute atomic E-state index is 0. The Labute approximate surface area is 91.3 Å². The van der Waals surface area contributed by atoms with Crippen LogP contribution < -0.4 is 0 Å². The number of carbonyl (C=O) groups is 1. The molecule has 0 fully saturated rings. The van der Waals surface area contributed by atoms with Gasteiger partial charge in [0.25, 0.3) is 0 Å². The molecule has 0 aliphatic heterocycles. The van der Waals surface area contributed by atoms with E-state index in [1.807, 2.05) is 6.07 Å². The van der Waals surface area contributed by atoms with Crippen molar-refractivity contribution in [3.05, 3.63) is 28.0 Å². The van der Waals surface area contributed by atoms with Crippen molar-refractivity contribution in [3.8, 4) is 0 Å². The first-order chi connectivity index (χ1) is 5.77. The number of fused-ring (bicyclic) bond motifs is 1. The van der Waals surface area contributed by atoms with Gasteiger partial charge in [0.1, 0.15) is 0 Å². The van der Waals surface area contributed by atoms with Crippen LogP contribution >= 0.6 is 28.3 Å². The van der Waals surface area contributed by atoms with Gasteiger partial charge < -0.3 is 0 Å². The number of rotatable bonds is 0. The van der Waals surface area contributed by atoms with Gasteiger partial charge in [0.05, 0.1) is 5.69 Å². The Morgan fingerprint density at radius 1 is 1.38 bits per heavy atom. The van der Waals surface area contributed by atoms with Crippen molar-refractivity contribution in [2.75, 3.05) is 0 Å². The highest BCUT2D eigenvalue weighted by molar-refractivity contribution is 9.10. The Hall–Kier alpha value is -0.410. The summed E-state index contributed by atoms with van der Waals surface area (Å²) in [6.45, 7) is 0. The summed E-state index contributed by atoms with van der Waals surface area (Å²) in [5, 5.41) is 0. The van der Waals surface area contributed by atoms with Crippen molar-refractivity contribution < 1.29 is 4.79 Å². The van der Waals surface area contributed by atoms with Crippen LogP contribution in [-0.4, -0.2) is 10.8 Å². The van der Waals surface area contributed by atoms with Crippen molar-refractivity contribution in [1.29, 1.82) is 0 Å². The molecule has 1 aromatic rings. The van der Waals surface area contributed by atoms with E-state index in [-0.39, 0.29) is 18.2 Å². The predicted molar refractivity (Wildman–Crippen MR) is 56.5 cm³/mol. The fraction of sp³-hybridized carbons (Fsp3) is 0.333. The number of Topliss-reactive ketones (excluding diaryl/α,β-unsaturated/α-hetero) is 1. The minimum Gasteiger partial charge on any atom is -0.294 e. The number of hydrogen-bond donors (Lipinski definition) is 0. The third-order valence-corrected chi connectivity index (χ3v) is 2.49. The lowest BCUT2D eigenvalue weighted by molar-refractivity contribution is 0.0971. The fourth-order valence-corrected chi connectivity index (χ4v) is 1.79. The van der Waals surface area contributed by atoms with Crippen LogP contribution in [0.5, 0.6) is 0 Å². The second-order valence-corrected chi connectivity index (χ2v) is 3.84. The standard InChI is InChI=1S/C9H8BrNO.ClH/c10-6-4-7-8(11-5-6)2-1-3-9(7)12;/h4-5H,1-3H2;1H. The number of pyridine rings is 1. The lowest BCUT2D eigenvalue weighted by atomic mass is 9.95. The van der Waals surface area contributed by atoms with E-state index in [0.29, 0.717) is 6.42 Å². The highest BCUT2D eigenvalue weighted by Crippen LogP contribution is 2.21. The van der Waals surface area contributed by atoms with Crippen LogP contribution in [0.25, 0.3) is 0 Å². The molecule has 0 amide bonds. The molecule has 0 spiro atoms. The molecular weight excluding hydrogens is 253 g/mol. The molecule has 2 nitrogen and oxygen atoms in total. The molecule has 1 aromatic heterocycles. The van der Waals surface area contributed by atoms with Crippen molar-refractivity contribution in [2.45, 2.75) is 19.3 Å². The van der Waals surface area contributed by atoms with E-state index in [0.717, 1.165) is 28.6 Å². The van der Waals surface area contributed by atoms with Gasteiger partial charge in [-0.05, 0) is 34.8 Å². The van der Waals surface area contributed by atoms with Gasteiger partial charge in [-0.1, -0.05) is 0 Å². The van der Waals surface area contributed by atoms with Crippen LogP contribution in [0.3, 0.4) is 0 Å². The average molecular weight is 263 g/mol. The van der Waals surface area contributed by atoms with Crippen LogP contribution in [0.2, 0.25) is 0 Å². The Kier molecular flexibility index (Phi) is 3.45. The second-order valence-electron chi connectivity index (χ2n) is 2.92. The molecule has 0 radical (unpaired) electrons. The molecule has 13 heavy (non-hydrogen) atoms.